The highest BCUT2D eigenvalue weighted by Crippen LogP contribution is 2.25. The number of amides is 1. The van der Waals surface area contributed by atoms with Crippen LogP contribution in [0.25, 0.3) is 16.9 Å². The quantitative estimate of drug-likeness (QED) is 0.601. The van der Waals surface area contributed by atoms with E-state index >= 15 is 0 Å². The molecule has 2 fully saturated rings. The minimum Gasteiger partial charge on any atom is -0.366 e. The van der Waals surface area contributed by atoms with Crippen LogP contribution in [0.4, 0.5) is 10.2 Å². The summed E-state index contributed by atoms with van der Waals surface area (Å²) >= 11 is 0. The molecule has 3 heterocycles. The van der Waals surface area contributed by atoms with Gasteiger partial charge in [0, 0.05) is 23.8 Å². The first kappa shape index (κ1) is 21.5. The van der Waals surface area contributed by atoms with Crippen molar-refractivity contribution in [2.75, 3.05) is 25.5 Å². The molecule has 0 radical (unpaired) electrons. The molecule has 9 heteroatoms. The number of nitrogens with zero attached hydrogens (tertiary/aromatic N) is 5. The molecule has 2 aliphatic rings. The molecule has 1 saturated carbocycles. The van der Waals surface area contributed by atoms with Crippen LogP contribution in [-0.2, 0) is 0 Å². The summed E-state index contributed by atoms with van der Waals surface area (Å²) in [7, 11) is 2.14. The van der Waals surface area contributed by atoms with Gasteiger partial charge in [-0.3, -0.25) is 9.78 Å². The maximum atomic E-state index is 14.5. The van der Waals surface area contributed by atoms with E-state index in [4.69, 9.17) is 4.98 Å². The van der Waals surface area contributed by atoms with Gasteiger partial charge in [0.05, 0.1) is 35.5 Å². The monoisotopic (exact) mass is 449 g/mol. The molecular formula is C24H28FN7O. The Morgan fingerprint density at radius 2 is 1.88 bits per heavy atom. The van der Waals surface area contributed by atoms with Crippen molar-refractivity contribution >= 4 is 11.7 Å². The van der Waals surface area contributed by atoms with Crippen molar-refractivity contribution in [2.45, 2.75) is 44.7 Å². The van der Waals surface area contributed by atoms with Gasteiger partial charge in [-0.25, -0.2) is 14.1 Å². The molecule has 172 valence electrons. The number of piperidine rings is 1. The lowest BCUT2D eigenvalue weighted by molar-refractivity contribution is 0.0947. The summed E-state index contributed by atoms with van der Waals surface area (Å²) in [5.74, 6) is -0.172. The predicted molar refractivity (Wildman–Crippen MR) is 124 cm³/mol. The molecule has 1 aliphatic heterocycles. The summed E-state index contributed by atoms with van der Waals surface area (Å²) in [6.07, 6.45) is 11.0. The minimum absolute atomic E-state index is 0.0312. The normalized spacial score (nSPS) is 17.2. The summed E-state index contributed by atoms with van der Waals surface area (Å²) in [6, 6.07) is 3.48. The molecule has 33 heavy (non-hydrogen) atoms. The Labute approximate surface area is 192 Å². The fourth-order valence-electron chi connectivity index (χ4n) is 4.10. The van der Waals surface area contributed by atoms with E-state index in [0.29, 0.717) is 23.0 Å². The zero-order valence-electron chi connectivity index (χ0n) is 18.9. The molecule has 1 aromatic carbocycles. The molecule has 1 saturated heterocycles. The first-order valence-corrected chi connectivity index (χ1v) is 11.4. The van der Waals surface area contributed by atoms with Gasteiger partial charge in [0.2, 0.25) is 0 Å². The minimum atomic E-state index is -0.527. The van der Waals surface area contributed by atoms with Crippen LogP contribution in [-0.4, -0.2) is 62.8 Å². The van der Waals surface area contributed by atoms with Crippen LogP contribution in [0.2, 0.25) is 0 Å². The molecule has 3 aromatic rings. The van der Waals surface area contributed by atoms with Crippen LogP contribution < -0.4 is 10.6 Å². The molecule has 8 nitrogen and oxygen atoms in total. The number of hydrogen-bond acceptors (Lipinski definition) is 6. The standard InChI is InChI=1S/C24H28FN7O/c1-15-9-20(25)19(24(33)29-17-3-4-17)10-22(15)32-14-16(11-27-32)21-12-26-13-23(30-21)28-18-5-7-31(2)8-6-18/h9-14,17-18H,3-8H2,1-2H3,(H,28,30)(H,29,33). The van der Waals surface area contributed by atoms with Crippen molar-refractivity contribution in [1.29, 1.82) is 0 Å². The van der Waals surface area contributed by atoms with Crippen LogP contribution in [0, 0.1) is 12.7 Å². The van der Waals surface area contributed by atoms with Gasteiger partial charge in [0.25, 0.3) is 5.91 Å². The van der Waals surface area contributed by atoms with E-state index in [-0.39, 0.29) is 17.5 Å². The average Bonchev–Trinajstić information content (AvgIpc) is 3.47. The summed E-state index contributed by atoms with van der Waals surface area (Å²) in [6.45, 7) is 3.93. The third kappa shape index (κ3) is 4.88. The molecule has 1 aliphatic carbocycles. The molecule has 0 atom stereocenters. The highest BCUT2D eigenvalue weighted by molar-refractivity contribution is 5.95. The van der Waals surface area contributed by atoms with Gasteiger partial charge in [0.1, 0.15) is 11.6 Å². The SMILES string of the molecule is Cc1cc(F)c(C(=O)NC2CC2)cc1-n1cc(-c2cncc(NC3CCN(C)CC3)n2)cn1. The summed E-state index contributed by atoms with van der Waals surface area (Å²) in [5, 5.41) is 10.8. The molecule has 0 bridgehead atoms. The second kappa shape index (κ2) is 8.90. The Kier molecular flexibility index (Phi) is 5.80. The lowest BCUT2D eigenvalue weighted by Gasteiger charge is -2.29. The van der Waals surface area contributed by atoms with Crippen molar-refractivity contribution in [2.24, 2.45) is 0 Å². The maximum Gasteiger partial charge on any atom is 0.254 e. The summed E-state index contributed by atoms with van der Waals surface area (Å²) in [4.78, 5) is 23.8. The average molecular weight is 450 g/mol. The van der Waals surface area contributed by atoms with Gasteiger partial charge in [-0.1, -0.05) is 0 Å². The van der Waals surface area contributed by atoms with Gasteiger partial charge in [-0.2, -0.15) is 5.10 Å². The molecule has 1 amide bonds. The van der Waals surface area contributed by atoms with Gasteiger partial charge in [-0.05, 0) is 70.4 Å². The van der Waals surface area contributed by atoms with E-state index in [9.17, 15) is 9.18 Å². The molecule has 5 rings (SSSR count). The molecule has 2 aromatic heterocycles. The number of halogens is 1. The van der Waals surface area contributed by atoms with Crippen LogP contribution in [0.3, 0.4) is 0 Å². The van der Waals surface area contributed by atoms with E-state index < -0.39 is 5.82 Å². The van der Waals surface area contributed by atoms with E-state index in [1.165, 1.54) is 6.07 Å². The number of benzene rings is 1. The van der Waals surface area contributed by atoms with Crippen molar-refractivity contribution < 1.29 is 9.18 Å². The Bertz CT molecular complexity index is 1170. The van der Waals surface area contributed by atoms with Crippen molar-refractivity contribution in [3.8, 4) is 16.9 Å². The maximum absolute atomic E-state index is 14.5. The largest absolute Gasteiger partial charge is 0.366 e. The van der Waals surface area contributed by atoms with Gasteiger partial charge in [0.15, 0.2) is 0 Å². The topological polar surface area (TPSA) is 88.0 Å². The number of carbonyl (C=O) groups is 1. The molecule has 0 spiro atoms. The highest BCUT2D eigenvalue weighted by Gasteiger charge is 2.26. The van der Waals surface area contributed by atoms with E-state index in [0.717, 1.165) is 50.2 Å². The second-order valence-corrected chi connectivity index (χ2v) is 9.05. The number of likely N-dealkylation sites (tertiary alicyclic amines) is 1. The summed E-state index contributed by atoms with van der Waals surface area (Å²) < 4.78 is 16.1. The fraction of sp³-hybridized carbons (Fsp3) is 0.417. The smallest absolute Gasteiger partial charge is 0.254 e. The van der Waals surface area contributed by atoms with E-state index in [2.05, 4.69) is 32.7 Å². The second-order valence-electron chi connectivity index (χ2n) is 9.05. The number of nitrogens with one attached hydrogen (secondary N) is 2. The number of carbonyl (C=O) groups excluding carboxylic acids is 1. The highest BCUT2D eigenvalue weighted by atomic mass is 19.1. The first-order valence-electron chi connectivity index (χ1n) is 11.4. The molecule has 0 unspecified atom stereocenters. The fourth-order valence-corrected chi connectivity index (χ4v) is 4.10. The van der Waals surface area contributed by atoms with Crippen molar-refractivity contribution in [3.63, 3.8) is 0 Å². The van der Waals surface area contributed by atoms with Gasteiger partial charge >= 0.3 is 0 Å². The first-order chi connectivity index (χ1) is 16.0. The number of aryl methyl sites for hydroxylation is 1. The third-order valence-electron chi connectivity index (χ3n) is 6.27. The van der Waals surface area contributed by atoms with Crippen LogP contribution in [0.5, 0.6) is 0 Å². The van der Waals surface area contributed by atoms with Crippen LogP contribution in [0.1, 0.15) is 41.6 Å². The zero-order valence-corrected chi connectivity index (χ0v) is 18.9. The van der Waals surface area contributed by atoms with E-state index in [1.54, 1.807) is 36.3 Å². The number of rotatable bonds is 6. The Hall–Kier alpha value is -3.33. The summed E-state index contributed by atoms with van der Waals surface area (Å²) in [5.41, 5.74) is 2.86. The predicted octanol–water partition coefficient (Wildman–Crippen LogP) is 3.18. The van der Waals surface area contributed by atoms with Crippen molar-refractivity contribution in [1.82, 2.24) is 30.0 Å². The Morgan fingerprint density at radius 1 is 1.09 bits per heavy atom. The van der Waals surface area contributed by atoms with Gasteiger partial charge in [-0.15, -0.1) is 0 Å². The van der Waals surface area contributed by atoms with Crippen molar-refractivity contribution in [3.05, 3.63) is 53.9 Å². The number of aromatic nitrogens is 4. The zero-order chi connectivity index (χ0) is 22.9. The number of anilines is 1. The third-order valence-corrected chi connectivity index (χ3v) is 6.27. The van der Waals surface area contributed by atoms with Gasteiger partial charge < -0.3 is 15.5 Å². The Balaban J connectivity index is 1.36. The Morgan fingerprint density at radius 3 is 2.64 bits per heavy atom. The van der Waals surface area contributed by atoms with Crippen LogP contribution in [0.15, 0.2) is 36.9 Å². The molecule has 2 N–H and O–H groups in total. The number of hydrogen-bond donors (Lipinski definition) is 2. The van der Waals surface area contributed by atoms with E-state index in [1.807, 2.05) is 6.20 Å². The molecular weight excluding hydrogens is 421 g/mol. The lowest BCUT2D eigenvalue weighted by Crippen LogP contribution is -2.36. The lowest BCUT2D eigenvalue weighted by atomic mass is 10.1. The van der Waals surface area contributed by atoms with Crippen LogP contribution >= 0.6 is 0 Å².